The van der Waals surface area contributed by atoms with E-state index in [0.29, 0.717) is 34.8 Å². The molecule has 3 rings (SSSR count). The third-order valence-electron chi connectivity index (χ3n) is 6.19. The Kier molecular flexibility index (Phi) is 7.84. The van der Waals surface area contributed by atoms with Crippen LogP contribution >= 0.6 is 0 Å². The molecule has 0 spiro atoms. The van der Waals surface area contributed by atoms with Gasteiger partial charge < -0.3 is 34.1 Å². The fourth-order valence-electron chi connectivity index (χ4n) is 4.38. The van der Waals surface area contributed by atoms with Gasteiger partial charge in [-0.15, -0.1) is 0 Å². The van der Waals surface area contributed by atoms with Crippen LogP contribution in [0.5, 0.6) is 28.7 Å². The number of ether oxygens (including phenoxy) is 4. The number of ketones is 1. The lowest BCUT2D eigenvalue weighted by molar-refractivity contribution is 0.104. The van der Waals surface area contributed by atoms with Gasteiger partial charge in [0.25, 0.3) is 0 Å². The van der Waals surface area contributed by atoms with E-state index in [0.717, 1.165) is 6.54 Å². The minimum atomic E-state index is -0.432. The van der Waals surface area contributed by atoms with Gasteiger partial charge >= 0.3 is 0 Å². The predicted octanol–water partition coefficient (Wildman–Crippen LogP) is 3.10. The fraction of sp³-hybridized carbons (Fsp3) is 0.400. The van der Waals surface area contributed by atoms with Crippen molar-refractivity contribution in [1.82, 2.24) is 4.90 Å². The van der Waals surface area contributed by atoms with Crippen LogP contribution in [0.25, 0.3) is 6.08 Å². The van der Waals surface area contributed by atoms with Crippen LogP contribution < -0.4 is 18.9 Å². The van der Waals surface area contributed by atoms with Gasteiger partial charge in [-0.25, -0.2) is 0 Å². The van der Waals surface area contributed by atoms with Crippen molar-refractivity contribution in [2.75, 3.05) is 48.6 Å². The van der Waals surface area contributed by atoms with Gasteiger partial charge in [-0.3, -0.25) is 4.79 Å². The molecule has 178 valence electrons. The summed E-state index contributed by atoms with van der Waals surface area (Å²) in [6.45, 7) is 0.682. The Morgan fingerprint density at radius 2 is 1.76 bits per heavy atom. The number of likely N-dealkylation sites (N-methyl/N-ethyl adjacent to an activating group) is 1. The van der Waals surface area contributed by atoms with Crippen molar-refractivity contribution < 1.29 is 34.0 Å². The topological polar surface area (TPSA) is 97.7 Å². The van der Waals surface area contributed by atoms with Gasteiger partial charge in [0.15, 0.2) is 5.78 Å². The van der Waals surface area contributed by atoms with Gasteiger partial charge in [-0.05, 0) is 44.3 Å². The van der Waals surface area contributed by atoms with Crippen molar-refractivity contribution in [2.24, 2.45) is 0 Å². The van der Waals surface area contributed by atoms with Crippen molar-refractivity contribution in [3.63, 3.8) is 0 Å². The molecule has 1 fully saturated rings. The first kappa shape index (κ1) is 24.4. The number of phenolic OH excluding ortho intramolecular Hbond substituents is 1. The number of rotatable bonds is 9. The molecule has 0 aromatic heterocycles. The summed E-state index contributed by atoms with van der Waals surface area (Å²) in [6, 6.07) is 6.68. The summed E-state index contributed by atoms with van der Waals surface area (Å²) in [4.78, 5) is 15.3. The van der Waals surface area contributed by atoms with Gasteiger partial charge in [0.05, 0.1) is 35.0 Å². The van der Waals surface area contributed by atoms with E-state index in [1.807, 2.05) is 11.9 Å². The number of carbonyl (C=O) groups excluding carboxylic acids is 1. The number of phenols is 1. The molecule has 0 saturated carbocycles. The van der Waals surface area contributed by atoms with E-state index in [9.17, 15) is 15.0 Å². The highest BCUT2D eigenvalue weighted by molar-refractivity contribution is 6.11. The summed E-state index contributed by atoms with van der Waals surface area (Å²) in [6.07, 6.45) is 3.69. The zero-order chi connectivity index (χ0) is 24.1. The first-order chi connectivity index (χ1) is 15.9. The zero-order valence-corrected chi connectivity index (χ0v) is 19.6. The number of methoxy groups -OCH3 is 4. The second kappa shape index (κ2) is 10.6. The van der Waals surface area contributed by atoms with Crippen molar-refractivity contribution >= 4 is 11.9 Å². The van der Waals surface area contributed by atoms with Crippen LogP contribution in [-0.4, -0.2) is 75.6 Å². The minimum Gasteiger partial charge on any atom is -0.507 e. The SMILES string of the molecule is COc1ccc(/C=C/C(=O)c2c(OC)cc(OC)c(C3CCN(C)C3CO)c2O)c(OC)c1. The Labute approximate surface area is 194 Å². The second-order valence-electron chi connectivity index (χ2n) is 7.85. The van der Waals surface area contributed by atoms with Crippen molar-refractivity contribution in [3.8, 4) is 28.7 Å². The number of hydrogen-bond donors (Lipinski definition) is 2. The Hall–Kier alpha value is -3.23. The van der Waals surface area contributed by atoms with E-state index >= 15 is 0 Å². The Balaban J connectivity index is 2.05. The standard InChI is InChI=1S/C25H31NO7/c1-26-11-10-17(18(26)14-27)23-21(32-4)13-22(33-5)24(25(23)29)19(28)9-7-15-6-8-16(30-2)12-20(15)31-3/h6-9,12-13,17-18,27,29H,10-11,14H2,1-5H3/b9-7+. The smallest absolute Gasteiger partial charge is 0.193 e. The Bertz CT molecular complexity index is 1030. The highest BCUT2D eigenvalue weighted by Crippen LogP contribution is 2.47. The predicted molar refractivity (Wildman–Crippen MR) is 125 cm³/mol. The largest absolute Gasteiger partial charge is 0.507 e. The normalized spacial score (nSPS) is 18.5. The van der Waals surface area contributed by atoms with Crippen molar-refractivity contribution in [3.05, 3.63) is 47.0 Å². The lowest BCUT2D eigenvalue weighted by Gasteiger charge is -2.26. The Morgan fingerprint density at radius 1 is 1.06 bits per heavy atom. The summed E-state index contributed by atoms with van der Waals surface area (Å²) in [5.74, 6) is 0.980. The lowest BCUT2D eigenvalue weighted by atomic mass is 9.87. The Morgan fingerprint density at radius 3 is 2.36 bits per heavy atom. The number of aliphatic hydroxyl groups excluding tert-OH is 1. The quantitative estimate of drug-likeness (QED) is 0.438. The molecule has 2 N–H and O–H groups in total. The molecule has 2 unspecified atom stereocenters. The molecule has 1 heterocycles. The summed E-state index contributed by atoms with van der Waals surface area (Å²) < 4.78 is 21.5. The third kappa shape index (κ3) is 4.77. The number of nitrogens with zero attached hydrogens (tertiary/aromatic N) is 1. The van der Waals surface area contributed by atoms with Crippen molar-refractivity contribution in [1.29, 1.82) is 0 Å². The summed E-state index contributed by atoms with van der Waals surface area (Å²) in [5.41, 5.74) is 1.22. The molecular formula is C25H31NO7. The van der Waals surface area contributed by atoms with Crippen LogP contribution in [0.3, 0.4) is 0 Å². The van der Waals surface area contributed by atoms with Gasteiger partial charge in [-0.2, -0.15) is 0 Å². The van der Waals surface area contributed by atoms with E-state index in [1.165, 1.54) is 27.4 Å². The molecule has 33 heavy (non-hydrogen) atoms. The molecule has 0 amide bonds. The van der Waals surface area contributed by atoms with E-state index < -0.39 is 5.78 Å². The number of aliphatic hydroxyl groups is 1. The van der Waals surface area contributed by atoms with Crippen LogP contribution in [0.2, 0.25) is 0 Å². The molecule has 2 atom stereocenters. The molecule has 8 nitrogen and oxygen atoms in total. The first-order valence-corrected chi connectivity index (χ1v) is 10.6. The maximum absolute atomic E-state index is 13.2. The molecule has 0 aliphatic carbocycles. The molecule has 1 aliphatic rings. The molecule has 2 aromatic rings. The van der Waals surface area contributed by atoms with E-state index in [1.54, 1.807) is 37.5 Å². The van der Waals surface area contributed by atoms with E-state index in [2.05, 4.69) is 0 Å². The fourth-order valence-corrected chi connectivity index (χ4v) is 4.38. The molecule has 0 bridgehead atoms. The molecule has 1 aliphatic heterocycles. The van der Waals surface area contributed by atoms with E-state index in [-0.39, 0.29) is 35.6 Å². The molecule has 2 aromatic carbocycles. The highest BCUT2D eigenvalue weighted by atomic mass is 16.5. The van der Waals surface area contributed by atoms with Gasteiger partial charge in [0.2, 0.25) is 0 Å². The average Bonchev–Trinajstić information content (AvgIpc) is 3.21. The molecule has 1 saturated heterocycles. The van der Waals surface area contributed by atoms with Crippen molar-refractivity contribution in [2.45, 2.75) is 18.4 Å². The van der Waals surface area contributed by atoms with Gasteiger partial charge in [-0.1, -0.05) is 0 Å². The number of benzene rings is 2. The van der Waals surface area contributed by atoms with Crippen LogP contribution in [0.1, 0.15) is 33.8 Å². The van der Waals surface area contributed by atoms with Gasteiger partial charge in [0.1, 0.15) is 34.3 Å². The summed E-state index contributed by atoms with van der Waals surface area (Å²) in [5, 5.41) is 21.2. The number of allylic oxidation sites excluding steroid dienone is 1. The zero-order valence-electron chi connectivity index (χ0n) is 19.6. The molecule has 8 heteroatoms. The lowest BCUT2D eigenvalue weighted by Crippen LogP contribution is -2.32. The monoisotopic (exact) mass is 457 g/mol. The van der Waals surface area contributed by atoms with Crippen LogP contribution in [0, 0.1) is 0 Å². The third-order valence-corrected chi connectivity index (χ3v) is 6.19. The maximum atomic E-state index is 13.2. The van der Waals surface area contributed by atoms with Crippen LogP contribution in [0.15, 0.2) is 30.3 Å². The number of carbonyl (C=O) groups is 1. The average molecular weight is 458 g/mol. The summed E-state index contributed by atoms with van der Waals surface area (Å²) >= 11 is 0. The molecular weight excluding hydrogens is 426 g/mol. The first-order valence-electron chi connectivity index (χ1n) is 10.6. The maximum Gasteiger partial charge on any atom is 0.193 e. The highest BCUT2D eigenvalue weighted by Gasteiger charge is 2.37. The molecule has 0 radical (unpaired) electrons. The van der Waals surface area contributed by atoms with Crippen LogP contribution in [0.4, 0.5) is 0 Å². The number of hydrogen-bond acceptors (Lipinski definition) is 8. The second-order valence-corrected chi connectivity index (χ2v) is 7.85. The number of likely N-dealkylation sites (tertiary alicyclic amines) is 1. The van der Waals surface area contributed by atoms with Crippen LogP contribution in [-0.2, 0) is 0 Å². The van der Waals surface area contributed by atoms with Gasteiger partial charge in [0, 0.05) is 35.2 Å². The summed E-state index contributed by atoms with van der Waals surface area (Å²) in [7, 11) is 7.95. The number of aromatic hydroxyl groups is 1. The van der Waals surface area contributed by atoms with E-state index in [4.69, 9.17) is 18.9 Å². The minimum absolute atomic E-state index is 0.0447.